The molecule has 20 heavy (non-hydrogen) atoms. The van der Waals surface area contributed by atoms with Crippen molar-refractivity contribution < 1.29 is 19.4 Å². The third-order valence-corrected chi connectivity index (χ3v) is 3.33. The summed E-state index contributed by atoms with van der Waals surface area (Å²) in [5, 5.41) is 8.66. The van der Waals surface area contributed by atoms with E-state index in [9.17, 15) is 4.79 Å². The minimum absolute atomic E-state index is 0.0651. The zero-order chi connectivity index (χ0) is 14.6. The Hall–Kier alpha value is -1.39. The summed E-state index contributed by atoms with van der Waals surface area (Å²) < 4.78 is 11.5. The van der Waals surface area contributed by atoms with Gasteiger partial charge >= 0.3 is 5.97 Å². The minimum atomic E-state index is -0.748. The number of ether oxygens (including phenoxy) is 2. The molecule has 0 aromatic heterocycles. The van der Waals surface area contributed by atoms with Crippen LogP contribution in [-0.2, 0) is 20.7 Å². The summed E-state index contributed by atoms with van der Waals surface area (Å²) >= 11 is 0. The van der Waals surface area contributed by atoms with Crippen molar-refractivity contribution in [3.63, 3.8) is 0 Å². The highest BCUT2D eigenvalue weighted by atomic mass is 16.7. The van der Waals surface area contributed by atoms with Crippen molar-refractivity contribution in [1.29, 1.82) is 0 Å². The highest BCUT2D eigenvalue weighted by molar-refractivity contribution is 5.66. The molecule has 0 aliphatic carbocycles. The van der Waals surface area contributed by atoms with Gasteiger partial charge in [-0.3, -0.25) is 4.79 Å². The molecule has 0 bridgehead atoms. The zero-order valence-corrected chi connectivity index (χ0v) is 12.1. The molecule has 1 heterocycles. The van der Waals surface area contributed by atoms with Crippen LogP contribution < -0.4 is 0 Å². The lowest BCUT2D eigenvalue weighted by molar-refractivity contribution is -0.226. The first-order chi connectivity index (χ1) is 9.46. The van der Waals surface area contributed by atoms with Crippen molar-refractivity contribution in [3.05, 3.63) is 35.4 Å². The number of benzene rings is 1. The summed E-state index contributed by atoms with van der Waals surface area (Å²) in [6.45, 7) is 5.60. The first kappa shape index (κ1) is 15.0. The van der Waals surface area contributed by atoms with Crippen molar-refractivity contribution in [2.45, 2.75) is 39.4 Å². The van der Waals surface area contributed by atoms with Crippen LogP contribution in [0.4, 0.5) is 0 Å². The summed E-state index contributed by atoms with van der Waals surface area (Å²) in [5.74, 6) is -0.748. The van der Waals surface area contributed by atoms with E-state index < -0.39 is 5.97 Å². The molecule has 0 radical (unpaired) electrons. The van der Waals surface area contributed by atoms with Crippen LogP contribution in [0.5, 0.6) is 0 Å². The molecular weight excluding hydrogens is 256 g/mol. The molecule has 1 fully saturated rings. The van der Waals surface area contributed by atoms with Gasteiger partial charge in [-0.2, -0.15) is 0 Å². The van der Waals surface area contributed by atoms with Gasteiger partial charge in [0.15, 0.2) is 6.29 Å². The molecule has 4 nitrogen and oxygen atoms in total. The SMILES string of the molecule is CC1(C)COC(c2cccc(CCCC(=O)O)c2)OC1. The van der Waals surface area contributed by atoms with E-state index in [-0.39, 0.29) is 18.1 Å². The van der Waals surface area contributed by atoms with E-state index in [4.69, 9.17) is 14.6 Å². The van der Waals surface area contributed by atoms with Crippen LogP contribution in [0.15, 0.2) is 24.3 Å². The topological polar surface area (TPSA) is 55.8 Å². The molecule has 0 amide bonds. The zero-order valence-electron chi connectivity index (χ0n) is 12.1. The van der Waals surface area contributed by atoms with E-state index in [0.29, 0.717) is 19.6 Å². The van der Waals surface area contributed by atoms with E-state index in [1.807, 2.05) is 24.3 Å². The van der Waals surface area contributed by atoms with Crippen molar-refractivity contribution in [2.75, 3.05) is 13.2 Å². The van der Waals surface area contributed by atoms with Gasteiger partial charge in [-0.25, -0.2) is 0 Å². The van der Waals surface area contributed by atoms with Crippen molar-refractivity contribution in [2.24, 2.45) is 5.41 Å². The third kappa shape index (κ3) is 4.32. The number of carboxylic acids is 1. The Labute approximate surface area is 119 Å². The summed E-state index contributed by atoms with van der Waals surface area (Å²) in [5.41, 5.74) is 2.20. The van der Waals surface area contributed by atoms with Crippen LogP contribution >= 0.6 is 0 Å². The van der Waals surface area contributed by atoms with Crippen LogP contribution in [0, 0.1) is 5.41 Å². The molecule has 4 heteroatoms. The number of carboxylic acid groups (broad SMARTS) is 1. The van der Waals surface area contributed by atoms with Gasteiger partial charge < -0.3 is 14.6 Å². The maximum Gasteiger partial charge on any atom is 0.303 e. The second kappa shape index (κ2) is 6.37. The number of rotatable bonds is 5. The van der Waals surface area contributed by atoms with E-state index in [1.54, 1.807) is 0 Å². The molecule has 1 aliphatic heterocycles. The minimum Gasteiger partial charge on any atom is -0.481 e. The number of hydrogen-bond acceptors (Lipinski definition) is 3. The Bertz CT molecular complexity index is 457. The van der Waals surface area contributed by atoms with Crippen LogP contribution in [0.25, 0.3) is 0 Å². The van der Waals surface area contributed by atoms with E-state index >= 15 is 0 Å². The standard InChI is InChI=1S/C16H22O4/c1-16(2)10-19-15(20-11-16)13-7-3-5-12(9-13)6-4-8-14(17)18/h3,5,7,9,15H,4,6,8,10-11H2,1-2H3,(H,17,18). The van der Waals surface area contributed by atoms with E-state index in [1.165, 1.54) is 0 Å². The van der Waals surface area contributed by atoms with Gasteiger partial charge in [0.2, 0.25) is 0 Å². The normalized spacial score (nSPS) is 18.9. The lowest BCUT2D eigenvalue weighted by Crippen LogP contribution is -2.33. The fraction of sp³-hybridized carbons (Fsp3) is 0.562. The second-order valence-corrected chi connectivity index (χ2v) is 6.11. The molecule has 1 aromatic rings. The summed E-state index contributed by atoms with van der Waals surface area (Å²) in [4.78, 5) is 10.5. The second-order valence-electron chi connectivity index (χ2n) is 6.11. The van der Waals surface area contributed by atoms with Crippen LogP contribution in [0.3, 0.4) is 0 Å². The predicted octanol–water partition coefficient (Wildman–Crippen LogP) is 3.17. The molecule has 1 saturated heterocycles. The molecule has 1 N–H and O–H groups in total. The van der Waals surface area contributed by atoms with E-state index in [2.05, 4.69) is 13.8 Å². The summed E-state index contributed by atoms with van der Waals surface area (Å²) in [6, 6.07) is 8.02. The molecule has 0 unspecified atom stereocenters. The highest BCUT2D eigenvalue weighted by Crippen LogP contribution is 2.31. The number of aliphatic carboxylic acids is 1. The predicted molar refractivity (Wildman–Crippen MR) is 75.4 cm³/mol. The number of hydrogen-bond donors (Lipinski definition) is 1. The van der Waals surface area contributed by atoms with Gasteiger partial charge in [0, 0.05) is 17.4 Å². The average Bonchev–Trinajstić information content (AvgIpc) is 2.38. The summed E-state index contributed by atoms with van der Waals surface area (Å²) in [7, 11) is 0. The first-order valence-electron chi connectivity index (χ1n) is 7.00. The Morgan fingerprint density at radius 3 is 2.70 bits per heavy atom. The lowest BCUT2D eigenvalue weighted by atomic mass is 9.95. The highest BCUT2D eigenvalue weighted by Gasteiger charge is 2.29. The fourth-order valence-electron chi connectivity index (χ4n) is 2.22. The van der Waals surface area contributed by atoms with Gasteiger partial charge in [-0.05, 0) is 18.4 Å². The van der Waals surface area contributed by atoms with Crippen LogP contribution in [0.1, 0.15) is 44.1 Å². The Morgan fingerprint density at radius 1 is 1.35 bits per heavy atom. The fourth-order valence-corrected chi connectivity index (χ4v) is 2.22. The maximum atomic E-state index is 10.5. The molecule has 1 aliphatic rings. The van der Waals surface area contributed by atoms with Gasteiger partial charge in [-0.1, -0.05) is 38.1 Å². The third-order valence-electron chi connectivity index (χ3n) is 3.33. The smallest absolute Gasteiger partial charge is 0.303 e. The van der Waals surface area contributed by atoms with Gasteiger partial charge in [0.25, 0.3) is 0 Å². The monoisotopic (exact) mass is 278 g/mol. The maximum absolute atomic E-state index is 10.5. The summed E-state index contributed by atoms with van der Waals surface area (Å²) in [6.07, 6.45) is 1.31. The number of carbonyl (C=O) groups is 1. The van der Waals surface area contributed by atoms with Gasteiger partial charge in [0.1, 0.15) is 0 Å². The van der Waals surface area contributed by atoms with E-state index in [0.717, 1.165) is 17.5 Å². The molecule has 110 valence electrons. The van der Waals surface area contributed by atoms with Crippen molar-refractivity contribution in [3.8, 4) is 0 Å². The quantitative estimate of drug-likeness (QED) is 0.898. The molecule has 1 aromatic carbocycles. The van der Waals surface area contributed by atoms with Crippen molar-refractivity contribution >= 4 is 5.97 Å². The Morgan fingerprint density at radius 2 is 2.05 bits per heavy atom. The van der Waals surface area contributed by atoms with Crippen molar-refractivity contribution in [1.82, 2.24) is 0 Å². The molecular formula is C16H22O4. The Kier molecular flexibility index (Phi) is 4.78. The molecule has 0 saturated carbocycles. The average molecular weight is 278 g/mol. The number of aryl methyl sites for hydroxylation is 1. The molecule has 2 rings (SSSR count). The van der Waals surface area contributed by atoms with Crippen LogP contribution in [0.2, 0.25) is 0 Å². The molecule has 0 spiro atoms. The first-order valence-corrected chi connectivity index (χ1v) is 7.00. The van der Waals surface area contributed by atoms with Gasteiger partial charge in [0.05, 0.1) is 13.2 Å². The molecule has 0 atom stereocenters. The van der Waals surface area contributed by atoms with Gasteiger partial charge in [-0.15, -0.1) is 0 Å². The lowest BCUT2D eigenvalue weighted by Gasteiger charge is -2.34. The largest absolute Gasteiger partial charge is 0.481 e. The van der Waals surface area contributed by atoms with Crippen LogP contribution in [-0.4, -0.2) is 24.3 Å². The Balaban J connectivity index is 1.94.